The minimum Gasteiger partial charge on any atom is -0.311 e. The van der Waals surface area contributed by atoms with Gasteiger partial charge in [-0.3, -0.25) is 4.79 Å². The van der Waals surface area contributed by atoms with Gasteiger partial charge in [-0.05, 0) is 24.1 Å². The number of pyridine rings is 1. The van der Waals surface area contributed by atoms with Gasteiger partial charge in [0, 0.05) is 6.20 Å². The van der Waals surface area contributed by atoms with Crippen molar-refractivity contribution >= 4 is 17.8 Å². The highest BCUT2D eigenvalue weighted by Gasteiger charge is 2.68. The third-order valence-electron chi connectivity index (χ3n) is 3.78. The highest BCUT2D eigenvalue weighted by Crippen LogP contribution is 2.44. The first kappa shape index (κ1) is 16.0. The normalized spacial score (nSPS) is 21.1. The fourth-order valence-electron chi connectivity index (χ4n) is 2.57. The van der Waals surface area contributed by atoms with E-state index in [1.807, 2.05) is 5.32 Å². The number of aryl methyl sites for hydroxylation is 1. The van der Waals surface area contributed by atoms with Crippen LogP contribution < -0.4 is 10.2 Å². The number of benzene rings is 1. The number of nitrogens with one attached hydrogen (secondary N) is 1. The van der Waals surface area contributed by atoms with Crippen molar-refractivity contribution in [3.63, 3.8) is 0 Å². The third-order valence-corrected chi connectivity index (χ3v) is 3.78. The first-order chi connectivity index (χ1) is 11.3. The SMILES string of the molecule is Cc1ccc(N2C(=O)N[C@](c3ccccc3)(C(F)(F)F)C2=O)nc1. The molecular weight excluding hydrogens is 323 g/mol. The van der Waals surface area contributed by atoms with Crippen molar-refractivity contribution in [2.24, 2.45) is 0 Å². The molecule has 1 aromatic carbocycles. The van der Waals surface area contributed by atoms with Crippen LogP contribution in [0, 0.1) is 6.92 Å². The van der Waals surface area contributed by atoms with Crippen LogP contribution in [0.5, 0.6) is 0 Å². The lowest BCUT2D eigenvalue weighted by Gasteiger charge is -2.29. The van der Waals surface area contributed by atoms with Crippen LogP contribution >= 0.6 is 0 Å². The number of carbonyl (C=O) groups is 2. The number of amides is 3. The molecule has 8 heteroatoms. The number of hydrogen-bond acceptors (Lipinski definition) is 3. The minimum atomic E-state index is -5.01. The maximum absolute atomic E-state index is 13.8. The summed E-state index contributed by atoms with van der Waals surface area (Å²) in [5.74, 6) is -1.59. The molecule has 1 aliphatic rings. The molecule has 2 aromatic rings. The van der Waals surface area contributed by atoms with Crippen LogP contribution in [-0.2, 0) is 10.3 Å². The summed E-state index contributed by atoms with van der Waals surface area (Å²) < 4.78 is 41.4. The first-order valence-corrected chi connectivity index (χ1v) is 6.99. The van der Waals surface area contributed by atoms with Crippen molar-refractivity contribution < 1.29 is 22.8 Å². The Labute approximate surface area is 135 Å². The van der Waals surface area contributed by atoms with Crippen molar-refractivity contribution in [2.45, 2.75) is 18.6 Å². The van der Waals surface area contributed by atoms with Gasteiger partial charge in [0.25, 0.3) is 5.91 Å². The molecule has 0 spiro atoms. The average Bonchev–Trinajstić information content (AvgIpc) is 2.81. The zero-order valence-corrected chi connectivity index (χ0v) is 12.5. The van der Waals surface area contributed by atoms with Gasteiger partial charge in [-0.2, -0.15) is 13.2 Å². The Morgan fingerprint density at radius 2 is 1.75 bits per heavy atom. The van der Waals surface area contributed by atoms with E-state index in [9.17, 15) is 22.8 Å². The fraction of sp³-hybridized carbons (Fsp3) is 0.188. The number of urea groups is 1. The zero-order valence-electron chi connectivity index (χ0n) is 12.5. The molecule has 1 atom stereocenters. The first-order valence-electron chi connectivity index (χ1n) is 6.99. The maximum Gasteiger partial charge on any atom is 0.425 e. The van der Waals surface area contributed by atoms with Crippen LogP contribution in [0.3, 0.4) is 0 Å². The molecule has 0 saturated carbocycles. The summed E-state index contributed by atoms with van der Waals surface area (Å²) >= 11 is 0. The van der Waals surface area contributed by atoms with Gasteiger partial charge in [0.1, 0.15) is 5.82 Å². The van der Waals surface area contributed by atoms with E-state index in [-0.39, 0.29) is 11.4 Å². The highest BCUT2D eigenvalue weighted by molar-refractivity contribution is 6.23. The number of imide groups is 1. The second-order valence-corrected chi connectivity index (χ2v) is 5.38. The Bertz CT molecular complexity index is 790. The molecule has 1 saturated heterocycles. The van der Waals surface area contributed by atoms with Gasteiger partial charge in [-0.25, -0.2) is 14.7 Å². The molecule has 0 bridgehead atoms. The van der Waals surface area contributed by atoms with Gasteiger partial charge in [-0.1, -0.05) is 36.4 Å². The third kappa shape index (κ3) is 2.22. The van der Waals surface area contributed by atoms with E-state index in [0.29, 0.717) is 4.90 Å². The minimum absolute atomic E-state index is 0.162. The van der Waals surface area contributed by atoms with Crippen LogP contribution in [0.1, 0.15) is 11.1 Å². The highest BCUT2D eigenvalue weighted by atomic mass is 19.4. The molecule has 0 unspecified atom stereocenters. The predicted octanol–water partition coefficient (Wildman–Crippen LogP) is 2.90. The van der Waals surface area contributed by atoms with Crippen molar-refractivity contribution in [1.29, 1.82) is 0 Å². The van der Waals surface area contributed by atoms with Crippen LogP contribution in [0.15, 0.2) is 48.7 Å². The molecule has 1 aliphatic heterocycles. The molecule has 2 heterocycles. The van der Waals surface area contributed by atoms with Crippen molar-refractivity contribution in [3.8, 4) is 0 Å². The van der Waals surface area contributed by atoms with Crippen LogP contribution in [0.4, 0.5) is 23.8 Å². The van der Waals surface area contributed by atoms with Crippen LogP contribution in [0.25, 0.3) is 0 Å². The Morgan fingerprint density at radius 1 is 1.08 bits per heavy atom. The molecule has 24 heavy (non-hydrogen) atoms. The summed E-state index contributed by atoms with van der Waals surface area (Å²) in [6.45, 7) is 1.73. The number of nitrogens with zero attached hydrogens (tertiary/aromatic N) is 2. The Hall–Kier alpha value is -2.90. The van der Waals surface area contributed by atoms with Crippen molar-refractivity contribution in [1.82, 2.24) is 10.3 Å². The molecule has 3 rings (SSSR count). The lowest BCUT2D eigenvalue weighted by molar-refractivity contribution is -0.195. The van der Waals surface area contributed by atoms with Crippen LogP contribution in [0.2, 0.25) is 0 Å². The number of rotatable bonds is 2. The quantitative estimate of drug-likeness (QED) is 0.859. The lowest BCUT2D eigenvalue weighted by Crippen LogP contribution is -2.55. The summed E-state index contributed by atoms with van der Waals surface area (Å²) in [6, 6.07) is 8.27. The largest absolute Gasteiger partial charge is 0.425 e. The van der Waals surface area contributed by atoms with Gasteiger partial charge in [0.05, 0.1) is 0 Å². The maximum atomic E-state index is 13.8. The smallest absolute Gasteiger partial charge is 0.311 e. The van der Waals surface area contributed by atoms with E-state index in [1.54, 1.807) is 13.0 Å². The summed E-state index contributed by atoms with van der Waals surface area (Å²) in [5.41, 5.74) is -2.74. The van der Waals surface area contributed by atoms with E-state index < -0.39 is 23.7 Å². The Morgan fingerprint density at radius 3 is 2.29 bits per heavy atom. The topological polar surface area (TPSA) is 62.3 Å². The molecule has 1 aromatic heterocycles. The number of hydrogen-bond donors (Lipinski definition) is 1. The summed E-state index contributed by atoms with van der Waals surface area (Å²) in [6.07, 6.45) is -3.65. The number of anilines is 1. The summed E-state index contributed by atoms with van der Waals surface area (Å²) in [7, 11) is 0. The predicted molar refractivity (Wildman–Crippen MR) is 79.2 cm³/mol. The molecule has 1 N–H and O–H groups in total. The van der Waals surface area contributed by atoms with E-state index >= 15 is 0 Å². The van der Waals surface area contributed by atoms with E-state index in [0.717, 1.165) is 17.7 Å². The lowest BCUT2D eigenvalue weighted by atomic mass is 9.89. The number of carbonyl (C=O) groups excluding carboxylic acids is 2. The van der Waals surface area contributed by atoms with E-state index in [4.69, 9.17) is 0 Å². The van der Waals surface area contributed by atoms with Gasteiger partial charge in [-0.15, -0.1) is 0 Å². The molecule has 124 valence electrons. The Balaban J connectivity index is 2.15. The van der Waals surface area contributed by atoms with E-state index in [1.165, 1.54) is 30.5 Å². The van der Waals surface area contributed by atoms with Gasteiger partial charge < -0.3 is 5.32 Å². The number of halogens is 3. The molecule has 0 radical (unpaired) electrons. The zero-order chi connectivity index (χ0) is 17.5. The molecule has 1 fully saturated rings. The molecule has 5 nitrogen and oxygen atoms in total. The fourth-order valence-corrected chi connectivity index (χ4v) is 2.57. The summed E-state index contributed by atoms with van der Waals surface area (Å²) in [4.78, 5) is 29.1. The van der Waals surface area contributed by atoms with E-state index in [2.05, 4.69) is 4.98 Å². The molecule has 0 aliphatic carbocycles. The monoisotopic (exact) mass is 335 g/mol. The Kier molecular flexibility index (Phi) is 3.55. The van der Waals surface area contributed by atoms with Crippen molar-refractivity contribution in [2.75, 3.05) is 4.90 Å². The van der Waals surface area contributed by atoms with Crippen LogP contribution in [-0.4, -0.2) is 23.1 Å². The standard InChI is InChI=1S/C16H12F3N3O2/c1-10-7-8-12(20-9-10)22-13(23)15(16(17,18)19,21-14(22)24)11-5-3-2-4-6-11/h2-9H,1H3,(H,21,24)/t15-/m0/s1. The van der Waals surface area contributed by atoms with Crippen molar-refractivity contribution in [3.05, 3.63) is 59.8 Å². The van der Waals surface area contributed by atoms with Gasteiger partial charge >= 0.3 is 12.2 Å². The molecule has 3 amide bonds. The van der Waals surface area contributed by atoms with Gasteiger partial charge in [0.2, 0.25) is 5.54 Å². The van der Waals surface area contributed by atoms with Gasteiger partial charge in [0.15, 0.2) is 0 Å². The average molecular weight is 335 g/mol. The second-order valence-electron chi connectivity index (χ2n) is 5.38. The summed E-state index contributed by atoms with van der Waals surface area (Å²) in [5, 5.41) is 1.81. The number of aromatic nitrogens is 1. The molecular formula is C16H12F3N3O2. The number of alkyl halides is 3. The second kappa shape index (κ2) is 5.33.